The van der Waals surface area contributed by atoms with E-state index in [0.717, 1.165) is 5.56 Å². The number of halogens is 1. The van der Waals surface area contributed by atoms with Gasteiger partial charge in [-0.25, -0.2) is 0 Å². The van der Waals surface area contributed by atoms with Gasteiger partial charge in [0.2, 0.25) is 0 Å². The highest BCUT2D eigenvalue weighted by Crippen LogP contribution is 2.20. The lowest BCUT2D eigenvalue weighted by Crippen LogP contribution is -2.37. The average Bonchev–Trinajstić information content (AvgIpc) is 3.02. The number of carbonyl (C=O) groups excluding carboxylic acids is 2. The van der Waals surface area contributed by atoms with E-state index in [1.165, 1.54) is 11.3 Å². The van der Waals surface area contributed by atoms with Crippen LogP contribution in [0.4, 0.5) is 5.69 Å². The van der Waals surface area contributed by atoms with E-state index in [4.69, 9.17) is 11.6 Å². The molecule has 22 heavy (non-hydrogen) atoms. The van der Waals surface area contributed by atoms with Crippen LogP contribution in [0.2, 0.25) is 5.02 Å². The number of rotatable bonds is 4. The summed E-state index contributed by atoms with van der Waals surface area (Å²) >= 11 is 7.30. The highest BCUT2D eigenvalue weighted by Gasteiger charge is 2.17. The first kappa shape index (κ1) is 16.5. The van der Waals surface area contributed by atoms with Crippen LogP contribution in [0, 0.1) is 6.92 Å². The summed E-state index contributed by atoms with van der Waals surface area (Å²) in [4.78, 5) is 23.6. The molecule has 5 nitrogen and oxygen atoms in total. The molecule has 1 aromatic carbocycles. The quantitative estimate of drug-likeness (QED) is 0.749. The van der Waals surface area contributed by atoms with Crippen molar-refractivity contribution in [2.75, 3.05) is 11.9 Å². The second kappa shape index (κ2) is 7.40. The van der Waals surface area contributed by atoms with Gasteiger partial charge in [0.1, 0.15) is 0 Å². The molecule has 1 atom stereocenters. The molecule has 116 valence electrons. The van der Waals surface area contributed by atoms with Gasteiger partial charge in [-0.05, 0) is 47.0 Å². The van der Waals surface area contributed by atoms with Crippen molar-refractivity contribution in [3.8, 4) is 0 Å². The lowest BCUT2D eigenvalue weighted by Gasteiger charge is -2.11. The highest BCUT2D eigenvalue weighted by atomic mass is 35.5. The lowest BCUT2D eigenvalue weighted by molar-refractivity contribution is -0.136. The van der Waals surface area contributed by atoms with E-state index in [2.05, 4.69) is 10.6 Å². The molecule has 0 spiro atoms. The summed E-state index contributed by atoms with van der Waals surface area (Å²) in [5.41, 5.74) is 1.98. The largest absolute Gasteiger partial charge is 0.387 e. The van der Waals surface area contributed by atoms with Crippen LogP contribution in [0.3, 0.4) is 0 Å². The zero-order valence-electron chi connectivity index (χ0n) is 11.8. The molecular weight excluding hydrogens is 324 g/mol. The molecule has 2 amide bonds. The van der Waals surface area contributed by atoms with Crippen LogP contribution in [0.1, 0.15) is 17.2 Å². The summed E-state index contributed by atoms with van der Waals surface area (Å²) in [7, 11) is 0. The van der Waals surface area contributed by atoms with Gasteiger partial charge in [0.25, 0.3) is 0 Å². The Labute approximate surface area is 136 Å². The minimum atomic E-state index is -0.837. The molecule has 0 bridgehead atoms. The molecule has 1 aromatic heterocycles. The zero-order chi connectivity index (χ0) is 16.1. The van der Waals surface area contributed by atoms with Crippen LogP contribution in [0.25, 0.3) is 0 Å². The molecular formula is C15H15ClN2O3S. The van der Waals surface area contributed by atoms with Crippen LogP contribution in [-0.4, -0.2) is 23.5 Å². The maximum atomic E-state index is 11.8. The minimum absolute atomic E-state index is 0.0302. The van der Waals surface area contributed by atoms with E-state index >= 15 is 0 Å². The van der Waals surface area contributed by atoms with Gasteiger partial charge in [-0.2, -0.15) is 11.3 Å². The van der Waals surface area contributed by atoms with Crippen molar-refractivity contribution in [2.24, 2.45) is 0 Å². The maximum absolute atomic E-state index is 11.8. The number of nitrogens with one attached hydrogen (secondary N) is 2. The summed E-state index contributed by atoms with van der Waals surface area (Å²) in [6.07, 6.45) is -0.837. The SMILES string of the molecule is Cc1ccc(Cl)cc1NC(=O)C(=O)NCC(O)c1ccsc1. The van der Waals surface area contributed by atoms with Gasteiger partial charge in [-0.1, -0.05) is 17.7 Å². The van der Waals surface area contributed by atoms with Crippen molar-refractivity contribution in [1.29, 1.82) is 0 Å². The summed E-state index contributed by atoms with van der Waals surface area (Å²) in [5.74, 6) is -1.61. The van der Waals surface area contributed by atoms with Gasteiger partial charge in [0.05, 0.1) is 6.10 Å². The number of thiophene rings is 1. The Balaban J connectivity index is 1.89. The van der Waals surface area contributed by atoms with Gasteiger partial charge >= 0.3 is 11.8 Å². The second-order valence-corrected chi connectivity index (χ2v) is 5.91. The molecule has 0 radical (unpaired) electrons. The number of hydrogen-bond acceptors (Lipinski definition) is 4. The topological polar surface area (TPSA) is 78.4 Å². The molecule has 1 unspecified atom stereocenters. The molecule has 0 saturated heterocycles. The number of carbonyl (C=O) groups is 2. The van der Waals surface area contributed by atoms with E-state index in [1.807, 2.05) is 5.38 Å². The number of amides is 2. The second-order valence-electron chi connectivity index (χ2n) is 4.70. The van der Waals surface area contributed by atoms with Crippen LogP contribution < -0.4 is 10.6 Å². The monoisotopic (exact) mass is 338 g/mol. The van der Waals surface area contributed by atoms with Crippen LogP contribution in [0.5, 0.6) is 0 Å². The number of hydrogen-bond donors (Lipinski definition) is 3. The highest BCUT2D eigenvalue weighted by molar-refractivity contribution is 7.07. The molecule has 2 aromatic rings. The number of benzene rings is 1. The zero-order valence-corrected chi connectivity index (χ0v) is 13.4. The van der Waals surface area contributed by atoms with Crippen molar-refractivity contribution in [2.45, 2.75) is 13.0 Å². The summed E-state index contributed by atoms with van der Waals surface area (Å²) in [6.45, 7) is 1.77. The minimum Gasteiger partial charge on any atom is -0.387 e. The van der Waals surface area contributed by atoms with Crippen LogP contribution in [0.15, 0.2) is 35.0 Å². The van der Waals surface area contributed by atoms with E-state index in [-0.39, 0.29) is 6.54 Å². The normalized spacial score (nSPS) is 11.8. The van der Waals surface area contributed by atoms with Crippen LogP contribution >= 0.6 is 22.9 Å². The third-order valence-electron chi connectivity index (χ3n) is 3.04. The van der Waals surface area contributed by atoms with Crippen molar-refractivity contribution < 1.29 is 14.7 Å². The summed E-state index contributed by atoms with van der Waals surface area (Å²) in [6, 6.07) is 6.78. The average molecular weight is 339 g/mol. The maximum Gasteiger partial charge on any atom is 0.313 e. The number of anilines is 1. The summed E-state index contributed by atoms with van der Waals surface area (Å²) < 4.78 is 0. The molecule has 0 saturated carbocycles. The molecule has 2 rings (SSSR count). The first-order valence-electron chi connectivity index (χ1n) is 6.53. The fourth-order valence-electron chi connectivity index (χ4n) is 1.76. The van der Waals surface area contributed by atoms with Crippen LogP contribution in [-0.2, 0) is 9.59 Å². The van der Waals surface area contributed by atoms with Gasteiger partial charge in [-0.15, -0.1) is 0 Å². The Kier molecular flexibility index (Phi) is 5.54. The Morgan fingerprint density at radius 1 is 1.32 bits per heavy atom. The van der Waals surface area contributed by atoms with Crippen molar-refractivity contribution in [1.82, 2.24) is 5.32 Å². The Hall–Kier alpha value is -1.89. The fraction of sp³-hybridized carbons (Fsp3) is 0.200. The Morgan fingerprint density at radius 2 is 2.09 bits per heavy atom. The van der Waals surface area contributed by atoms with Gasteiger partial charge in [0, 0.05) is 17.3 Å². The molecule has 7 heteroatoms. The van der Waals surface area contributed by atoms with Crippen molar-refractivity contribution >= 4 is 40.4 Å². The molecule has 0 aliphatic heterocycles. The van der Waals surface area contributed by atoms with Crippen molar-refractivity contribution in [3.63, 3.8) is 0 Å². The number of aryl methyl sites for hydroxylation is 1. The standard InChI is InChI=1S/C15H15ClN2O3S/c1-9-2-3-11(16)6-12(9)18-15(21)14(20)17-7-13(19)10-4-5-22-8-10/h2-6,8,13,19H,7H2,1H3,(H,17,20)(H,18,21). The summed E-state index contributed by atoms with van der Waals surface area (Å²) in [5, 5.41) is 18.8. The smallest absolute Gasteiger partial charge is 0.313 e. The molecule has 3 N–H and O–H groups in total. The molecule has 0 fully saturated rings. The molecule has 1 heterocycles. The van der Waals surface area contributed by atoms with Gasteiger partial charge < -0.3 is 15.7 Å². The third-order valence-corrected chi connectivity index (χ3v) is 3.97. The van der Waals surface area contributed by atoms with Crippen molar-refractivity contribution in [3.05, 3.63) is 51.2 Å². The van der Waals surface area contributed by atoms with E-state index < -0.39 is 17.9 Å². The first-order valence-corrected chi connectivity index (χ1v) is 7.85. The first-order chi connectivity index (χ1) is 10.5. The fourth-order valence-corrected chi connectivity index (χ4v) is 2.64. The van der Waals surface area contributed by atoms with E-state index in [0.29, 0.717) is 16.3 Å². The molecule has 0 aliphatic carbocycles. The Bertz CT molecular complexity index is 673. The number of aliphatic hydroxyl groups is 1. The Morgan fingerprint density at radius 3 is 2.77 bits per heavy atom. The van der Waals surface area contributed by atoms with Gasteiger partial charge in [-0.3, -0.25) is 9.59 Å². The van der Waals surface area contributed by atoms with Gasteiger partial charge in [0.15, 0.2) is 0 Å². The lowest BCUT2D eigenvalue weighted by atomic mass is 10.2. The third kappa shape index (κ3) is 4.30. The van der Waals surface area contributed by atoms with E-state index in [9.17, 15) is 14.7 Å². The predicted octanol–water partition coefficient (Wildman–Crippen LogP) is 2.50. The molecule has 0 aliphatic rings. The van der Waals surface area contributed by atoms with E-state index in [1.54, 1.807) is 36.6 Å². The predicted molar refractivity (Wildman–Crippen MR) is 87.1 cm³/mol. The number of aliphatic hydroxyl groups excluding tert-OH is 1.